The normalized spacial score (nSPS) is 32.0. The van der Waals surface area contributed by atoms with Crippen molar-refractivity contribution in [2.45, 2.75) is 77.0 Å². The van der Waals surface area contributed by atoms with Gasteiger partial charge in [0.15, 0.2) is 0 Å². The smallest absolute Gasteiger partial charge is 0.0267 e. The second kappa shape index (κ2) is 4.11. The van der Waals surface area contributed by atoms with E-state index in [9.17, 15) is 0 Å². The summed E-state index contributed by atoms with van der Waals surface area (Å²) < 4.78 is 0. The van der Waals surface area contributed by atoms with E-state index >= 15 is 0 Å². The summed E-state index contributed by atoms with van der Waals surface area (Å²) in [7, 11) is 0. The molecule has 0 aromatic heterocycles. The van der Waals surface area contributed by atoms with E-state index in [-0.39, 0.29) is 0 Å². The Kier molecular flexibility index (Phi) is 2.79. The largest absolute Gasteiger partial charge is 0.0533 e. The van der Waals surface area contributed by atoms with E-state index in [4.69, 9.17) is 0 Å². The molecule has 0 bridgehead atoms. The van der Waals surface area contributed by atoms with Crippen LogP contribution in [0.4, 0.5) is 0 Å². The number of hydrogen-bond donors (Lipinski definition) is 0. The molecule has 0 unspecified atom stereocenters. The van der Waals surface area contributed by atoms with E-state index < -0.39 is 0 Å². The number of rotatable bonds is 3. The standard InChI is InChI=1S/C15H26/c1-2-6-14(7-3-1)15(10-4-5-11-15)12-13-8-9-13/h13-14H,1-12H2. The molecule has 0 saturated heterocycles. The van der Waals surface area contributed by atoms with Gasteiger partial charge in [0.1, 0.15) is 0 Å². The molecule has 0 radical (unpaired) electrons. The third-order valence-electron chi connectivity index (χ3n) is 5.46. The van der Waals surface area contributed by atoms with E-state index in [1.54, 1.807) is 57.8 Å². The van der Waals surface area contributed by atoms with Crippen LogP contribution in [-0.4, -0.2) is 0 Å². The first-order valence-electron chi connectivity index (χ1n) is 7.39. The van der Waals surface area contributed by atoms with Crippen LogP contribution < -0.4 is 0 Å². The first-order chi connectivity index (χ1) is 7.39. The molecule has 3 rings (SSSR count). The van der Waals surface area contributed by atoms with Gasteiger partial charge in [-0.1, -0.05) is 44.9 Å². The lowest BCUT2D eigenvalue weighted by Gasteiger charge is -2.40. The van der Waals surface area contributed by atoms with Crippen molar-refractivity contribution >= 4 is 0 Å². The highest BCUT2D eigenvalue weighted by molar-refractivity contribution is 4.95. The van der Waals surface area contributed by atoms with Crippen molar-refractivity contribution in [3.8, 4) is 0 Å². The lowest BCUT2D eigenvalue weighted by atomic mass is 9.65. The topological polar surface area (TPSA) is 0 Å². The first-order valence-corrected chi connectivity index (χ1v) is 7.39. The molecule has 0 aliphatic heterocycles. The molecule has 15 heavy (non-hydrogen) atoms. The lowest BCUT2D eigenvalue weighted by Crippen LogP contribution is -2.30. The monoisotopic (exact) mass is 206 g/mol. The molecule has 0 amide bonds. The van der Waals surface area contributed by atoms with Gasteiger partial charge >= 0.3 is 0 Å². The van der Waals surface area contributed by atoms with E-state index in [0.29, 0.717) is 0 Å². The van der Waals surface area contributed by atoms with Crippen LogP contribution in [0.15, 0.2) is 0 Å². The molecule has 3 aliphatic rings. The fourth-order valence-corrected chi connectivity index (χ4v) is 4.47. The summed E-state index contributed by atoms with van der Waals surface area (Å²) >= 11 is 0. The highest BCUT2D eigenvalue weighted by atomic mass is 14.5. The average molecular weight is 206 g/mol. The van der Waals surface area contributed by atoms with E-state index in [1.807, 2.05) is 0 Å². The maximum atomic E-state index is 1.62. The van der Waals surface area contributed by atoms with Gasteiger partial charge < -0.3 is 0 Å². The van der Waals surface area contributed by atoms with E-state index in [0.717, 1.165) is 17.3 Å². The minimum atomic E-state index is 0.849. The predicted octanol–water partition coefficient (Wildman–Crippen LogP) is 4.93. The van der Waals surface area contributed by atoms with Gasteiger partial charge in [-0.25, -0.2) is 0 Å². The van der Waals surface area contributed by atoms with Crippen molar-refractivity contribution in [3.05, 3.63) is 0 Å². The van der Waals surface area contributed by atoms with Crippen LogP contribution >= 0.6 is 0 Å². The Morgan fingerprint density at radius 1 is 0.733 bits per heavy atom. The fraction of sp³-hybridized carbons (Fsp3) is 1.00. The van der Waals surface area contributed by atoms with Crippen molar-refractivity contribution in [3.63, 3.8) is 0 Å². The summed E-state index contributed by atoms with van der Waals surface area (Å²) in [5.74, 6) is 2.29. The minimum absolute atomic E-state index is 0.849. The molecule has 3 aliphatic carbocycles. The highest BCUT2D eigenvalue weighted by Crippen LogP contribution is 2.56. The van der Waals surface area contributed by atoms with Crippen LogP contribution in [-0.2, 0) is 0 Å². The summed E-state index contributed by atoms with van der Waals surface area (Å²) in [6.07, 6.45) is 18.8. The third-order valence-corrected chi connectivity index (χ3v) is 5.46. The Morgan fingerprint density at radius 3 is 2.00 bits per heavy atom. The average Bonchev–Trinajstić information content (AvgIpc) is 2.96. The molecule has 3 fully saturated rings. The molecular weight excluding hydrogens is 180 g/mol. The first kappa shape index (κ1) is 10.2. The predicted molar refractivity (Wildman–Crippen MR) is 64.8 cm³/mol. The zero-order valence-corrected chi connectivity index (χ0v) is 10.1. The summed E-state index contributed by atoms with van der Waals surface area (Å²) in [4.78, 5) is 0. The van der Waals surface area contributed by atoms with E-state index in [2.05, 4.69) is 0 Å². The van der Waals surface area contributed by atoms with Crippen LogP contribution in [0.2, 0.25) is 0 Å². The summed E-state index contributed by atoms with van der Waals surface area (Å²) in [5.41, 5.74) is 0.849. The van der Waals surface area contributed by atoms with Gasteiger partial charge in [-0.3, -0.25) is 0 Å². The van der Waals surface area contributed by atoms with Crippen molar-refractivity contribution < 1.29 is 0 Å². The van der Waals surface area contributed by atoms with Crippen molar-refractivity contribution in [2.24, 2.45) is 17.3 Å². The zero-order chi connectivity index (χ0) is 10.1. The summed E-state index contributed by atoms with van der Waals surface area (Å²) in [6.45, 7) is 0. The van der Waals surface area contributed by atoms with Crippen LogP contribution in [0.3, 0.4) is 0 Å². The van der Waals surface area contributed by atoms with Gasteiger partial charge in [0.05, 0.1) is 0 Å². The Bertz CT molecular complexity index is 202. The van der Waals surface area contributed by atoms with Gasteiger partial charge in [0, 0.05) is 0 Å². The van der Waals surface area contributed by atoms with Gasteiger partial charge in [0.2, 0.25) is 0 Å². The fourth-order valence-electron chi connectivity index (χ4n) is 4.47. The Labute approximate surface area is 94.8 Å². The maximum Gasteiger partial charge on any atom is -0.0267 e. The van der Waals surface area contributed by atoms with Gasteiger partial charge in [0.25, 0.3) is 0 Å². The molecule has 0 heterocycles. The summed E-state index contributed by atoms with van der Waals surface area (Å²) in [6, 6.07) is 0. The van der Waals surface area contributed by atoms with Gasteiger partial charge in [-0.2, -0.15) is 0 Å². The van der Waals surface area contributed by atoms with Crippen LogP contribution in [0.1, 0.15) is 77.0 Å². The quantitative estimate of drug-likeness (QED) is 0.614. The molecule has 0 aromatic carbocycles. The second-order valence-electron chi connectivity index (χ2n) is 6.55. The SMILES string of the molecule is C1CCC(C2(CC3CC3)CCCC2)CC1. The van der Waals surface area contributed by atoms with Crippen LogP contribution in [0, 0.1) is 17.3 Å². The third kappa shape index (κ3) is 2.10. The molecule has 0 N–H and O–H groups in total. The highest BCUT2D eigenvalue weighted by Gasteiger charge is 2.44. The molecule has 0 nitrogen and oxygen atoms in total. The molecule has 0 aromatic rings. The molecule has 0 spiro atoms. The molecule has 3 saturated carbocycles. The van der Waals surface area contributed by atoms with Crippen molar-refractivity contribution in [2.75, 3.05) is 0 Å². The Balaban J connectivity index is 1.69. The summed E-state index contributed by atoms with van der Waals surface area (Å²) in [5, 5.41) is 0. The Morgan fingerprint density at radius 2 is 1.40 bits per heavy atom. The lowest BCUT2D eigenvalue weighted by molar-refractivity contribution is 0.103. The zero-order valence-electron chi connectivity index (χ0n) is 10.1. The van der Waals surface area contributed by atoms with E-state index in [1.165, 1.54) is 19.3 Å². The minimum Gasteiger partial charge on any atom is -0.0533 e. The van der Waals surface area contributed by atoms with Crippen molar-refractivity contribution in [1.82, 2.24) is 0 Å². The molecule has 0 atom stereocenters. The number of hydrogen-bond acceptors (Lipinski definition) is 0. The molecule has 86 valence electrons. The molecule has 0 heteroatoms. The van der Waals surface area contributed by atoms with Gasteiger partial charge in [-0.05, 0) is 49.4 Å². The van der Waals surface area contributed by atoms with Crippen LogP contribution in [0.5, 0.6) is 0 Å². The van der Waals surface area contributed by atoms with Gasteiger partial charge in [-0.15, -0.1) is 0 Å². The molecular formula is C15H26. The Hall–Kier alpha value is 0. The maximum absolute atomic E-state index is 1.62. The van der Waals surface area contributed by atoms with Crippen LogP contribution in [0.25, 0.3) is 0 Å². The van der Waals surface area contributed by atoms with Crippen molar-refractivity contribution in [1.29, 1.82) is 0 Å². The second-order valence-corrected chi connectivity index (χ2v) is 6.55.